The Morgan fingerprint density at radius 3 is 2.43 bits per heavy atom. The fraction of sp³-hybridized carbons (Fsp3) is 0.176. The number of aromatic nitrogens is 1. The standard InChI is InChI=1S/C17H15NO3/c1-20-15-9-12-8-13(7-11-3-5-18-6-4-11)17(19)14(12)10-16(15)21-2/h3-7,9-10H,8H2,1-2H3/b13-7+. The summed E-state index contributed by atoms with van der Waals surface area (Å²) in [6.45, 7) is 0. The van der Waals surface area contributed by atoms with E-state index in [0.29, 0.717) is 23.5 Å². The van der Waals surface area contributed by atoms with Gasteiger partial charge in [0.15, 0.2) is 17.3 Å². The summed E-state index contributed by atoms with van der Waals surface area (Å²) in [6.07, 6.45) is 5.94. The summed E-state index contributed by atoms with van der Waals surface area (Å²) >= 11 is 0. The first-order valence-corrected chi connectivity index (χ1v) is 6.63. The lowest BCUT2D eigenvalue weighted by molar-refractivity contribution is 0.104. The molecule has 0 aliphatic heterocycles. The molecule has 0 bridgehead atoms. The van der Waals surface area contributed by atoms with Crippen LogP contribution in [0.4, 0.5) is 0 Å². The number of pyridine rings is 1. The van der Waals surface area contributed by atoms with E-state index in [2.05, 4.69) is 4.98 Å². The zero-order chi connectivity index (χ0) is 14.8. The van der Waals surface area contributed by atoms with Crippen molar-refractivity contribution in [2.45, 2.75) is 6.42 Å². The maximum absolute atomic E-state index is 12.5. The smallest absolute Gasteiger partial charge is 0.189 e. The highest BCUT2D eigenvalue weighted by atomic mass is 16.5. The number of benzene rings is 1. The zero-order valence-electron chi connectivity index (χ0n) is 11.9. The van der Waals surface area contributed by atoms with Gasteiger partial charge in [-0.1, -0.05) is 0 Å². The van der Waals surface area contributed by atoms with Crippen molar-refractivity contribution in [2.75, 3.05) is 14.2 Å². The van der Waals surface area contributed by atoms with Gasteiger partial charge < -0.3 is 9.47 Å². The van der Waals surface area contributed by atoms with Crippen LogP contribution in [0.5, 0.6) is 11.5 Å². The highest BCUT2D eigenvalue weighted by Gasteiger charge is 2.27. The van der Waals surface area contributed by atoms with Gasteiger partial charge in [0.1, 0.15) is 0 Å². The minimum Gasteiger partial charge on any atom is -0.493 e. The van der Waals surface area contributed by atoms with E-state index in [1.807, 2.05) is 24.3 Å². The summed E-state index contributed by atoms with van der Waals surface area (Å²) in [6, 6.07) is 7.39. The van der Waals surface area contributed by atoms with Gasteiger partial charge in [-0.3, -0.25) is 9.78 Å². The van der Waals surface area contributed by atoms with Crippen molar-refractivity contribution in [1.29, 1.82) is 0 Å². The number of carbonyl (C=O) groups excluding carboxylic acids is 1. The topological polar surface area (TPSA) is 48.4 Å². The van der Waals surface area contributed by atoms with Gasteiger partial charge in [-0.15, -0.1) is 0 Å². The minimum atomic E-state index is 0.0442. The first kappa shape index (κ1) is 13.4. The second kappa shape index (κ2) is 5.40. The highest BCUT2D eigenvalue weighted by Crippen LogP contribution is 2.36. The Kier molecular flexibility index (Phi) is 3.44. The molecule has 4 heteroatoms. The van der Waals surface area contributed by atoms with Gasteiger partial charge in [0.25, 0.3) is 0 Å². The molecule has 1 aromatic carbocycles. The van der Waals surface area contributed by atoms with E-state index in [1.54, 1.807) is 32.7 Å². The Hall–Kier alpha value is -2.62. The lowest BCUT2D eigenvalue weighted by Gasteiger charge is -2.08. The van der Waals surface area contributed by atoms with E-state index in [1.165, 1.54) is 0 Å². The first-order chi connectivity index (χ1) is 10.2. The molecule has 0 N–H and O–H groups in total. The molecule has 21 heavy (non-hydrogen) atoms. The molecule has 106 valence electrons. The number of Topliss-reactive ketones (excluding diaryl/α,β-unsaturated/α-hetero) is 1. The fourth-order valence-corrected chi connectivity index (χ4v) is 2.51. The molecule has 0 atom stereocenters. The summed E-state index contributed by atoms with van der Waals surface area (Å²) in [5.41, 5.74) is 3.40. The van der Waals surface area contributed by atoms with Crippen LogP contribution in [-0.4, -0.2) is 25.0 Å². The molecule has 1 aromatic heterocycles. The van der Waals surface area contributed by atoms with Crippen LogP contribution in [0.15, 0.2) is 42.2 Å². The number of allylic oxidation sites excluding steroid dienone is 1. The highest BCUT2D eigenvalue weighted by molar-refractivity contribution is 6.15. The van der Waals surface area contributed by atoms with Crippen molar-refractivity contribution in [3.05, 3.63) is 58.9 Å². The third kappa shape index (κ3) is 2.40. The molecule has 0 fully saturated rings. The monoisotopic (exact) mass is 281 g/mol. The Bertz CT molecular complexity index is 720. The molecule has 0 saturated heterocycles. The van der Waals surface area contributed by atoms with E-state index in [4.69, 9.17) is 9.47 Å². The van der Waals surface area contributed by atoms with E-state index in [0.717, 1.165) is 16.7 Å². The van der Waals surface area contributed by atoms with Crippen LogP contribution in [0, 0.1) is 0 Å². The summed E-state index contributed by atoms with van der Waals surface area (Å²) in [7, 11) is 3.16. The molecule has 3 rings (SSSR count). The van der Waals surface area contributed by atoms with Crippen molar-refractivity contribution in [3.8, 4) is 11.5 Å². The molecule has 2 aromatic rings. The van der Waals surface area contributed by atoms with Crippen molar-refractivity contribution < 1.29 is 14.3 Å². The average molecular weight is 281 g/mol. The van der Waals surface area contributed by atoms with Crippen LogP contribution < -0.4 is 9.47 Å². The first-order valence-electron chi connectivity index (χ1n) is 6.63. The molecule has 0 radical (unpaired) electrons. The van der Waals surface area contributed by atoms with Gasteiger partial charge in [0.2, 0.25) is 0 Å². The number of nitrogens with zero attached hydrogens (tertiary/aromatic N) is 1. The minimum absolute atomic E-state index is 0.0442. The van der Waals surface area contributed by atoms with Crippen molar-refractivity contribution in [2.24, 2.45) is 0 Å². The Morgan fingerprint density at radius 1 is 1.10 bits per heavy atom. The molecule has 4 nitrogen and oxygen atoms in total. The molecule has 0 saturated carbocycles. The van der Waals surface area contributed by atoms with Gasteiger partial charge in [0.05, 0.1) is 14.2 Å². The largest absolute Gasteiger partial charge is 0.493 e. The van der Waals surface area contributed by atoms with Gasteiger partial charge in [-0.25, -0.2) is 0 Å². The molecule has 0 unspecified atom stereocenters. The Morgan fingerprint density at radius 2 is 1.76 bits per heavy atom. The quantitative estimate of drug-likeness (QED) is 0.812. The van der Waals surface area contributed by atoms with Crippen LogP contribution in [0.25, 0.3) is 6.08 Å². The fourth-order valence-electron chi connectivity index (χ4n) is 2.51. The molecule has 0 amide bonds. The summed E-state index contributed by atoms with van der Waals surface area (Å²) < 4.78 is 10.5. The van der Waals surface area contributed by atoms with Gasteiger partial charge >= 0.3 is 0 Å². The van der Waals surface area contributed by atoms with E-state index >= 15 is 0 Å². The van der Waals surface area contributed by atoms with Gasteiger partial charge in [-0.2, -0.15) is 0 Å². The number of hydrogen-bond donors (Lipinski definition) is 0. The average Bonchev–Trinajstić information content (AvgIpc) is 2.82. The van der Waals surface area contributed by atoms with E-state index in [-0.39, 0.29) is 5.78 Å². The Balaban J connectivity index is 2.01. The summed E-state index contributed by atoms with van der Waals surface area (Å²) in [5, 5.41) is 0. The number of ketones is 1. The second-order valence-corrected chi connectivity index (χ2v) is 4.82. The molecule has 1 aliphatic carbocycles. The third-order valence-corrected chi connectivity index (χ3v) is 3.57. The number of rotatable bonds is 3. The zero-order valence-corrected chi connectivity index (χ0v) is 11.9. The summed E-state index contributed by atoms with van der Waals surface area (Å²) in [4.78, 5) is 16.5. The Labute approximate surface area is 123 Å². The predicted molar refractivity (Wildman–Crippen MR) is 79.8 cm³/mol. The van der Waals surface area contributed by atoms with Crippen LogP contribution in [0.3, 0.4) is 0 Å². The van der Waals surface area contributed by atoms with Crippen molar-refractivity contribution >= 4 is 11.9 Å². The van der Waals surface area contributed by atoms with Gasteiger partial charge in [0, 0.05) is 30.0 Å². The number of methoxy groups -OCH3 is 2. The van der Waals surface area contributed by atoms with Crippen molar-refractivity contribution in [1.82, 2.24) is 4.98 Å². The third-order valence-electron chi connectivity index (χ3n) is 3.57. The normalized spacial score (nSPS) is 15.1. The lowest BCUT2D eigenvalue weighted by atomic mass is 10.1. The van der Waals surface area contributed by atoms with Crippen LogP contribution in [-0.2, 0) is 6.42 Å². The predicted octanol–water partition coefficient (Wildman–Crippen LogP) is 2.92. The van der Waals surface area contributed by atoms with Gasteiger partial charge in [-0.05, 0) is 41.5 Å². The van der Waals surface area contributed by atoms with E-state index < -0.39 is 0 Å². The SMILES string of the molecule is COc1cc2c(cc1OC)C(=O)/C(=C/c1ccncc1)C2. The molecular formula is C17H15NO3. The van der Waals surface area contributed by atoms with Crippen LogP contribution >= 0.6 is 0 Å². The number of carbonyl (C=O) groups is 1. The molecule has 1 heterocycles. The number of ether oxygens (including phenoxy) is 2. The van der Waals surface area contributed by atoms with Crippen molar-refractivity contribution in [3.63, 3.8) is 0 Å². The molecular weight excluding hydrogens is 266 g/mol. The maximum atomic E-state index is 12.5. The lowest BCUT2D eigenvalue weighted by Crippen LogP contribution is -1.97. The molecule has 0 spiro atoms. The number of fused-ring (bicyclic) bond motifs is 1. The van der Waals surface area contributed by atoms with E-state index in [9.17, 15) is 4.79 Å². The maximum Gasteiger partial charge on any atom is 0.189 e. The van der Waals surface area contributed by atoms with Crippen LogP contribution in [0.2, 0.25) is 0 Å². The number of hydrogen-bond acceptors (Lipinski definition) is 4. The van der Waals surface area contributed by atoms with Crippen LogP contribution in [0.1, 0.15) is 21.5 Å². The summed E-state index contributed by atoms with van der Waals surface area (Å²) in [5.74, 6) is 1.27. The molecule has 1 aliphatic rings. The second-order valence-electron chi connectivity index (χ2n) is 4.82.